The fraction of sp³-hybridized carbons (Fsp3) is 0.533. The molecule has 1 aromatic carbocycles. The van der Waals surface area contributed by atoms with Crippen molar-refractivity contribution in [3.05, 3.63) is 29.3 Å². The Bertz CT molecular complexity index is 459. The van der Waals surface area contributed by atoms with E-state index in [0.717, 1.165) is 18.5 Å². The Morgan fingerprint density at radius 2 is 2.26 bits per heavy atom. The summed E-state index contributed by atoms with van der Waals surface area (Å²) in [6.07, 6.45) is 1.50. The second-order valence-electron chi connectivity index (χ2n) is 5.23. The molecule has 4 nitrogen and oxygen atoms in total. The number of phenolic OH excluding ortho intramolecular Hbond substituents is 1. The third-order valence-corrected chi connectivity index (χ3v) is 3.65. The average Bonchev–Trinajstić information content (AvgIpc) is 2.72. The van der Waals surface area contributed by atoms with E-state index < -0.39 is 0 Å². The lowest BCUT2D eigenvalue weighted by atomic mass is 9.97. The van der Waals surface area contributed by atoms with Crippen molar-refractivity contribution in [2.45, 2.75) is 19.8 Å². The molecule has 1 atom stereocenters. The maximum Gasteiger partial charge on any atom is 0.223 e. The lowest BCUT2D eigenvalue weighted by molar-refractivity contribution is -0.128. The number of hydrogen-bond acceptors (Lipinski definition) is 3. The predicted molar refractivity (Wildman–Crippen MR) is 73.1 cm³/mol. The number of rotatable bonds is 5. The Kier molecular flexibility index (Phi) is 4.43. The Morgan fingerprint density at radius 3 is 2.95 bits per heavy atom. The smallest absolute Gasteiger partial charge is 0.223 e. The molecular weight excluding hydrogens is 242 g/mol. The number of carbonyl (C=O) groups excluding carboxylic acids is 1. The lowest BCUT2D eigenvalue weighted by Gasteiger charge is -2.16. The van der Waals surface area contributed by atoms with Gasteiger partial charge in [0, 0.05) is 26.6 Å². The molecule has 0 bridgehead atoms. The number of aromatic hydroxyl groups is 1. The Labute approximate surface area is 114 Å². The molecule has 1 fully saturated rings. The molecule has 104 valence electrons. The number of amides is 1. The third-order valence-electron chi connectivity index (χ3n) is 3.65. The van der Waals surface area contributed by atoms with Gasteiger partial charge in [-0.15, -0.1) is 0 Å². The second-order valence-corrected chi connectivity index (χ2v) is 5.23. The fourth-order valence-electron chi connectivity index (χ4n) is 2.59. The number of likely N-dealkylation sites (tertiary alicyclic amines) is 1. The van der Waals surface area contributed by atoms with Crippen LogP contribution in [-0.2, 0) is 16.0 Å². The largest absolute Gasteiger partial charge is 0.508 e. The molecule has 1 saturated heterocycles. The van der Waals surface area contributed by atoms with Crippen LogP contribution in [0.15, 0.2) is 18.2 Å². The molecule has 1 N–H and O–H groups in total. The van der Waals surface area contributed by atoms with E-state index in [9.17, 15) is 9.90 Å². The van der Waals surface area contributed by atoms with E-state index in [-0.39, 0.29) is 5.91 Å². The molecule has 1 amide bonds. The van der Waals surface area contributed by atoms with Crippen molar-refractivity contribution in [3.8, 4) is 5.75 Å². The summed E-state index contributed by atoms with van der Waals surface area (Å²) in [6.45, 7) is 3.98. The van der Waals surface area contributed by atoms with E-state index in [4.69, 9.17) is 4.74 Å². The van der Waals surface area contributed by atoms with Crippen molar-refractivity contribution in [1.29, 1.82) is 0 Å². The molecule has 0 spiro atoms. The summed E-state index contributed by atoms with van der Waals surface area (Å²) in [4.78, 5) is 13.7. The van der Waals surface area contributed by atoms with Crippen molar-refractivity contribution >= 4 is 5.91 Å². The first kappa shape index (κ1) is 13.9. The monoisotopic (exact) mass is 263 g/mol. The fourth-order valence-corrected chi connectivity index (χ4v) is 2.59. The minimum Gasteiger partial charge on any atom is -0.508 e. The first-order chi connectivity index (χ1) is 9.10. The van der Waals surface area contributed by atoms with Gasteiger partial charge in [-0.3, -0.25) is 4.79 Å². The molecule has 1 aromatic rings. The van der Waals surface area contributed by atoms with Gasteiger partial charge in [-0.2, -0.15) is 0 Å². The zero-order valence-electron chi connectivity index (χ0n) is 11.6. The third kappa shape index (κ3) is 3.47. The van der Waals surface area contributed by atoms with Crippen LogP contribution in [0.2, 0.25) is 0 Å². The van der Waals surface area contributed by atoms with Gasteiger partial charge in [0.2, 0.25) is 5.91 Å². The van der Waals surface area contributed by atoms with Gasteiger partial charge in [0.25, 0.3) is 0 Å². The van der Waals surface area contributed by atoms with E-state index in [0.29, 0.717) is 31.2 Å². The Balaban J connectivity index is 1.93. The first-order valence-corrected chi connectivity index (χ1v) is 6.65. The molecule has 4 heteroatoms. The molecule has 0 saturated carbocycles. The zero-order valence-corrected chi connectivity index (χ0v) is 11.6. The highest BCUT2D eigenvalue weighted by Gasteiger charge is 2.29. The van der Waals surface area contributed by atoms with Crippen LogP contribution in [0, 0.1) is 12.8 Å². The highest BCUT2D eigenvalue weighted by atomic mass is 16.5. The summed E-state index contributed by atoms with van der Waals surface area (Å²) < 4.78 is 5.01. The highest BCUT2D eigenvalue weighted by Crippen LogP contribution is 2.24. The number of benzene rings is 1. The van der Waals surface area contributed by atoms with Gasteiger partial charge >= 0.3 is 0 Å². The normalized spacial score (nSPS) is 19.2. The molecular formula is C15H21NO3. The van der Waals surface area contributed by atoms with Gasteiger partial charge in [0.1, 0.15) is 5.75 Å². The second kappa shape index (κ2) is 6.06. The molecule has 1 aliphatic heterocycles. The first-order valence-electron chi connectivity index (χ1n) is 6.65. The number of hydrogen-bond donors (Lipinski definition) is 1. The number of nitrogens with zero attached hydrogens (tertiary/aromatic N) is 1. The van der Waals surface area contributed by atoms with Crippen LogP contribution in [0.1, 0.15) is 17.5 Å². The minimum absolute atomic E-state index is 0.220. The van der Waals surface area contributed by atoms with E-state index in [2.05, 4.69) is 0 Å². The summed E-state index contributed by atoms with van der Waals surface area (Å²) in [5, 5.41) is 9.51. The quantitative estimate of drug-likeness (QED) is 0.880. The van der Waals surface area contributed by atoms with Crippen LogP contribution in [0.4, 0.5) is 0 Å². The van der Waals surface area contributed by atoms with Crippen LogP contribution >= 0.6 is 0 Å². The minimum atomic E-state index is 0.220. The number of methoxy groups -OCH3 is 1. The van der Waals surface area contributed by atoms with E-state index in [1.165, 1.54) is 5.56 Å². The summed E-state index contributed by atoms with van der Waals surface area (Å²) in [7, 11) is 1.65. The average molecular weight is 263 g/mol. The van der Waals surface area contributed by atoms with Crippen molar-refractivity contribution in [3.63, 3.8) is 0 Å². The van der Waals surface area contributed by atoms with Gasteiger partial charge < -0.3 is 14.7 Å². The van der Waals surface area contributed by atoms with Crippen molar-refractivity contribution in [2.24, 2.45) is 5.92 Å². The Hall–Kier alpha value is -1.55. The summed E-state index contributed by atoms with van der Waals surface area (Å²) in [5.41, 5.74) is 2.07. The molecule has 1 aliphatic rings. The van der Waals surface area contributed by atoms with Crippen LogP contribution in [-0.4, -0.2) is 42.7 Å². The van der Waals surface area contributed by atoms with Crippen LogP contribution in [0.5, 0.6) is 5.75 Å². The SMILES string of the molecule is COCCN1CC(Cc2ccc(O)c(C)c2)CC1=O. The zero-order chi connectivity index (χ0) is 13.8. The molecule has 0 aliphatic carbocycles. The van der Waals surface area contributed by atoms with Gasteiger partial charge in [-0.1, -0.05) is 12.1 Å². The summed E-state index contributed by atoms with van der Waals surface area (Å²) in [6, 6.07) is 5.66. The number of aryl methyl sites for hydroxylation is 1. The summed E-state index contributed by atoms with van der Waals surface area (Å²) in [5.74, 6) is 0.916. The highest BCUT2D eigenvalue weighted by molar-refractivity contribution is 5.78. The summed E-state index contributed by atoms with van der Waals surface area (Å²) >= 11 is 0. The van der Waals surface area contributed by atoms with E-state index >= 15 is 0 Å². The van der Waals surface area contributed by atoms with Crippen molar-refractivity contribution < 1.29 is 14.6 Å². The molecule has 19 heavy (non-hydrogen) atoms. The van der Waals surface area contributed by atoms with Crippen molar-refractivity contribution in [1.82, 2.24) is 4.90 Å². The van der Waals surface area contributed by atoms with E-state index in [1.807, 2.05) is 24.0 Å². The standard InChI is InChI=1S/C15H21NO3/c1-11-7-12(3-4-14(11)17)8-13-9-15(18)16(10-13)5-6-19-2/h3-4,7,13,17H,5-6,8-10H2,1-2H3. The molecule has 1 heterocycles. The van der Waals surface area contributed by atoms with Gasteiger partial charge in [0.15, 0.2) is 0 Å². The lowest BCUT2D eigenvalue weighted by Crippen LogP contribution is -2.28. The van der Waals surface area contributed by atoms with Crippen LogP contribution in [0.3, 0.4) is 0 Å². The maximum absolute atomic E-state index is 11.8. The van der Waals surface area contributed by atoms with Crippen LogP contribution < -0.4 is 0 Å². The predicted octanol–water partition coefficient (Wildman–Crippen LogP) is 1.74. The van der Waals surface area contributed by atoms with Crippen molar-refractivity contribution in [2.75, 3.05) is 26.8 Å². The molecule has 1 unspecified atom stereocenters. The maximum atomic E-state index is 11.8. The Morgan fingerprint density at radius 1 is 1.47 bits per heavy atom. The van der Waals surface area contributed by atoms with Crippen LogP contribution in [0.25, 0.3) is 0 Å². The molecule has 0 aromatic heterocycles. The topological polar surface area (TPSA) is 49.8 Å². The van der Waals surface area contributed by atoms with Gasteiger partial charge in [-0.05, 0) is 36.5 Å². The van der Waals surface area contributed by atoms with E-state index in [1.54, 1.807) is 13.2 Å². The number of phenols is 1. The molecule has 2 rings (SSSR count). The number of ether oxygens (including phenoxy) is 1. The van der Waals surface area contributed by atoms with Gasteiger partial charge in [-0.25, -0.2) is 0 Å². The number of carbonyl (C=O) groups is 1. The van der Waals surface area contributed by atoms with Gasteiger partial charge in [0.05, 0.1) is 6.61 Å². The molecule has 0 radical (unpaired) electrons.